The quantitative estimate of drug-likeness (QED) is 0.866. The molecule has 6 heteroatoms. The van der Waals surface area contributed by atoms with Crippen LogP contribution < -0.4 is 5.32 Å². The summed E-state index contributed by atoms with van der Waals surface area (Å²) in [7, 11) is 0. The largest absolute Gasteiger partial charge is 0.343 e. The number of piperazine rings is 1. The van der Waals surface area contributed by atoms with Crippen LogP contribution >= 0.6 is 0 Å². The molecule has 108 valence electrons. The van der Waals surface area contributed by atoms with Gasteiger partial charge in [0.2, 0.25) is 11.8 Å². The smallest absolute Gasteiger partial charge is 0.246 e. The standard InChI is InChI=1S/C14H20N4O2/c1-3-6-10-14(20)18(11(4-2)13(19)17-10)9-12-15-7-5-8-16-12/h5,7-8,10-11H,3-4,6,9H2,1-2H3,(H,17,19). The molecule has 2 unspecified atom stereocenters. The van der Waals surface area contributed by atoms with Crippen molar-refractivity contribution < 1.29 is 9.59 Å². The lowest BCUT2D eigenvalue weighted by atomic mass is 10.0. The summed E-state index contributed by atoms with van der Waals surface area (Å²) in [6.07, 6.45) is 5.38. The minimum Gasteiger partial charge on any atom is -0.343 e. The van der Waals surface area contributed by atoms with Crippen LogP contribution in [0.5, 0.6) is 0 Å². The van der Waals surface area contributed by atoms with Gasteiger partial charge in [-0.3, -0.25) is 9.59 Å². The molecule has 0 aliphatic carbocycles. The van der Waals surface area contributed by atoms with Gasteiger partial charge in [-0.15, -0.1) is 0 Å². The van der Waals surface area contributed by atoms with Crippen molar-refractivity contribution >= 4 is 11.8 Å². The highest BCUT2D eigenvalue weighted by Crippen LogP contribution is 2.17. The highest BCUT2D eigenvalue weighted by Gasteiger charge is 2.39. The summed E-state index contributed by atoms with van der Waals surface area (Å²) in [5.74, 6) is 0.441. The molecule has 1 saturated heterocycles. The van der Waals surface area contributed by atoms with Gasteiger partial charge in [-0.1, -0.05) is 20.3 Å². The van der Waals surface area contributed by atoms with Crippen molar-refractivity contribution in [1.29, 1.82) is 0 Å². The topological polar surface area (TPSA) is 75.2 Å². The number of hydrogen-bond acceptors (Lipinski definition) is 4. The maximum atomic E-state index is 12.5. The first kappa shape index (κ1) is 14.4. The number of carbonyl (C=O) groups excluding carboxylic acids is 2. The van der Waals surface area contributed by atoms with E-state index in [0.717, 1.165) is 6.42 Å². The number of nitrogens with zero attached hydrogens (tertiary/aromatic N) is 3. The zero-order chi connectivity index (χ0) is 14.5. The number of aromatic nitrogens is 2. The maximum absolute atomic E-state index is 12.5. The Labute approximate surface area is 118 Å². The SMILES string of the molecule is CCCC1NC(=O)C(CC)N(Cc2ncccn2)C1=O. The predicted octanol–water partition coefficient (Wildman–Crippen LogP) is 0.882. The normalized spacial score (nSPS) is 22.8. The van der Waals surface area contributed by atoms with Crippen LogP contribution in [-0.2, 0) is 16.1 Å². The first-order valence-corrected chi connectivity index (χ1v) is 7.04. The number of nitrogens with one attached hydrogen (secondary N) is 1. The van der Waals surface area contributed by atoms with E-state index in [0.29, 0.717) is 18.7 Å². The van der Waals surface area contributed by atoms with Gasteiger partial charge >= 0.3 is 0 Å². The Morgan fingerprint density at radius 1 is 1.25 bits per heavy atom. The van der Waals surface area contributed by atoms with Gasteiger partial charge in [-0.25, -0.2) is 9.97 Å². The lowest BCUT2D eigenvalue weighted by molar-refractivity contribution is -0.150. The van der Waals surface area contributed by atoms with Crippen LogP contribution in [-0.4, -0.2) is 38.8 Å². The highest BCUT2D eigenvalue weighted by atomic mass is 16.2. The van der Waals surface area contributed by atoms with Gasteiger partial charge < -0.3 is 10.2 Å². The Morgan fingerprint density at radius 3 is 2.55 bits per heavy atom. The van der Waals surface area contributed by atoms with E-state index in [4.69, 9.17) is 0 Å². The van der Waals surface area contributed by atoms with E-state index in [2.05, 4.69) is 15.3 Å². The summed E-state index contributed by atoms with van der Waals surface area (Å²) < 4.78 is 0. The summed E-state index contributed by atoms with van der Waals surface area (Å²) in [5, 5.41) is 2.81. The molecular formula is C14H20N4O2. The van der Waals surface area contributed by atoms with Crippen molar-refractivity contribution in [2.24, 2.45) is 0 Å². The van der Waals surface area contributed by atoms with Gasteiger partial charge in [-0.2, -0.15) is 0 Å². The second kappa shape index (κ2) is 6.45. The second-order valence-corrected chi connectivity index (χ2v) is 4.91. The molecule has 1 aliphatic rings. The minimum atomic E-state index is -0.431. The third kappa shape index (κ3) is 2.95. The van der Waals surface area contributed by atoms with Gasteiger partial charge in [0.25, 0.3) is 0 Å². The molecule has 2 atom stereocenters. The van der Waals surface area contributed by atoms with Gasteiger partial charge in [0.1, 0.15) is 17.9 Å². The summed E-state index contributed by atoms with van der Waals surface area (Å²) in [6, 6.07) is 0.879. The fourth-order valence-corrected chi connectivity index (χ4v) is 2.47. The average Bonchev–Trinajstić information content (AvgIpc) is 2.46. The molecular weight excluding hydrogens is 256 g/mol. The van der Waals surface area contributed by atoms with E-state index in [1.807, 2.05) is 13.8 Å². The van der Waals surface area contributed by atoms with Crippen molar-refractivity contribution in [3.8, 4) is 0 Å². The molecule has 2 rings (SSSR count). The summed E-state index contributed by atoms with van der Waals surface area (Å²) in [6.45, 7) is 4.18. The fraction of sp³-hybridized carbons (Fsp3) is 0.571. The Kier molecular flexibility index (Phi) is 4.65. The van der Waals surface area contributed by atoms with E-state index in [1.54, 1.807) is 23.4 Å². The Bertz CT molecular complexity index is 477. The van der Waals surface area contributed by atoms with Gasteiger partial charge in [0.05, 0.1) is 6.54 Å². The lowest BCUT2D eigenvalue weighted by Crippen LogP contribution is -2.62. The third-order valence-corrected chi connectivity index (χ3v) is 3.47. The monoisotopic (exact) mass is 276 g/mol. The molecule has 0 bridgehead atoms. The first-order chi connectivity index (χ1) is 9.67. The number of amides is 2. The summed E-state index contributed by atoms with van der Waals surface area (Å²) in [5.41, 5.74) is 0. The van der Waals surface area contributed by atoms with Crippen LogP contribution in [0.3, 0.4) is 0 Å². The molecule has 0 saturated carbocycles. The predicted molar refractivity (Wildman–Crippen MR) is 73.5 cm³/mol. The van der Waals surface area contributed by atoms with Crippen LogP contribution in [0.4, 0.5) is 0 Å². The van der Waals surface area contributed by atoms with Crippen molar-refractivity contribution in [1.82, 2.24) is 20.2 Å². The van der Waals surface area contributed by atoms with E-state index in [1.165, 1.54) is 0 Å². The van der Waals surface area contributed by atoms with Crippen LogP contribution in [0.25, 0.3) is 0 Å². The van der Waals surface area contributed by atoms with E-state index >= 15 is 0 Å². The Morgan fingerprint density at radius 2 is 1.95 bits per heavy atom. The molecule has 1 aromatic rings. The minimum absolute atomic E-state index is 0.0363. The first-order valence-electron chi connectivity index (χ1n) is 7.04. The molecule has 2 amide bonds. The summed E-state index contributed by atoms with van der Waals surface area (Å²) in [4.78, 5) is 34.5. The molecule has 6 nitrogen and oxygen atoms in total. The highest BCUT2D eigenvalue weighted by molar-refractivity contribution is 5.96. The van der Waals surface area contributed by atoms with Crippen LogP contribution in [0, 0.1) is 0 Å². The second-order valence-electron chi connectivity index (χ2n) is 4.91. The lowest BCUT2D eigenvalue weighted by Gasteiger charge is -2.38. The molecule has 0 spiro atoms. The van der Waals surface area contributed by atoms with Gasteiger partial charge in [0.15, 0.2) is 0 Å². The number of carbonyl (C=O) groups is 2. The third-order valence-electron chi connectivity index (χ3n) is 3.47. The Balaban J connectivity index is 2.20. The van der Waals surface area contributed by atoms with Crippen molar-refractivity contribution in [3.05, 3.63) is 24.3 Å². The van der Waals surface area contributed by atoms with Crippen molar-refractivity contribution in [2.45, 2.75) is 51.7 Å². The molecule has 0 radical (unpaired) electrons. The molecule has 1 fully saturated rings. The fourth-order valence-electron chi connectivity index (χ4n) is 2.47. The van der Waals surface area contributed by atoms with E-state index in [-0.39, 0.29) is 18.4 Å². The van der Waals surface area contributed by atoms with E-state index < -0.39 is 12.1 Å². The Hall–Kier alpha value is -1.98. The van der Waals surface area contributed by atoms with Gasteiger partial charge in [-0.05, 0) is 18.9 Å². The maximum Gasteiger partial charge on any atom is 0.246 e. The van der Waals surface area contributed by atoms with Crippen molar-refractivity contribution in [3.63, 3.8) is 0 Å². The molecule has 1 aromatic heterocycles. The van der Waals surface area contributed by atoms with Crippen molar-refractivity contribution in [2.75, 3.05) is 0 Å². The van der Waals surface area contributed by atoms with Crippen LogP contribution in [0.2, 0.25) is 0 Å². The molecule has 1 aliphatic heterocycles. The zero-order valence-corrected chi connectivity index (χ0v) is 11.9. The van der Waals surface area contributed by atoms with Crippen LogP contribution in [0.1, 0.15) is 38.9 Å². The molecule has 2 heterocycles. The number of hydrogen-bond donors (Lipinski definition) is 1. The van der Waals surface area contributed by atoms with E-state index in [9.17, 15) is 9.59 Å². The van der Waals surface area contributed by atoms with Crippen LogP contribution in [0.15, 0.2) is 18.5 Å². The zero-order valence-electron chi connectivity index (χ0n) is 11.9. The molecule has 1 N–H and O–H groups in total. The number of rotatable bonds is 5. The molecule has 0 aromatic carbocycles. The van der Waals surface area contributed by atoms with Gasteiger partial charge in [0, 0.05) is 12.4 Å². The summed E-state index contributed by atoms with van der Waals surface area (Å²) >= 11 is 0. The molecule has 20 heavy (non-hydrogen) atoms. The average molecular weight is 276 g/mol.